The lowest BCUT2D eigenvalue weighted by Gasteiger charge is -2.30. The molecule has 39 heavy (non-hydrogen) atoms. The fourth-order valence-electron chi connectivity index (χ4n) is 4.25. The quantitative estimate of drug-likeness (QED) is 0.185. The highest BCUT2D eigenvalue weighted by molar-refractivity contribution is 5.83. The van der Waals surface area contributed by atoms with E-state index in [2.05, 4.69) is 19.2 Å². The predicted molar refractivity (Wildman–Crippen MR) is 150 cm³/mol. The lowest BCUT2D eigenvalue weighted by Crippen LogP contribution is -2.46. The molecule has 0 radical (unpaired) electrons. The number of nitrogens with two attached hydrogens (primary N) is 2. The molecular weight excluding hydrogens is 502 g/mol. The highest BCUT2D eigenvalue weighted by Gasteiger charge is 2.32. The normalized spacial score (nSPS) is 14.9. The average Bonchev–Trinajstić information content (AvgIpc) is 2.84. The van der Waals surface area contributed by atoms with Gasteiger partial charge in [0.05, 0.1) is 31.7 Å². The van der Waals surface area contributed by atoms with Crippen molar-refractivity contribution >= 4 is 17.8 Å². The van der Waals surface area contributed by atoms with Crippen LogP contribution < -0.4 is 26.3 Å². The van der Waals surface area contributed by atoms with Gasteiger partial charge in [-0.3, -0.25) is 14.4 Å². The van der Waals surface area contributed by atoms with Crippen LogP contribution in [0.15, 0.2) is 18.2 Å². The first-order valence-electron chi connectivity index (χ1n) is 13.6. The third-order valence-electron chi connectivity index (χ3n) is 7.32. The first-order chi connectivity index (χ1) is 18.1. The van der Waals surface area contributed by atoms with Crippen LogP contribution in [0.1, 0.15) is 66.4 Å². The highest BCUT2D eigenvalue weighted by atomic mass is 16.5. The number of carboxylic acid groups (broad SMARTS) is 1. The fraction of sp³-hybridized carbons (Fsp3) is 0.690. The van der Waals surface area contributed by atoms with E-state index in [-0.39, 0.29) is 49.7 Å². The maximum absolute atomic E-state index is 12.9. The van der Waals surface area contributed by atoms with E-state index in [0.29, 0.717) is 24.3 Å². The molecule has 10 heteroatoms. The molecule has 1 aromatic carbocycles. The van der Waals surface area contributed by atoms with Gasteiger partial charge in [0.25, 0.3) is 0 Å². The van der Waals surface area contributed by atoms with Crippen LogP contribution in [0.4, 0.5) is 0 Å². The standard InChI is InChI=1S/C29H49N3O7/c1-17(2)20(12-19-8-9-24(38-7)25(13-19)39-11-10-26(34)35)14-22(30)23(33)15-21(18(3)4)27(36)32-16-29(5,6)28(31)37/h8-9,13,17-18,20-23,33H,10-12,14-16,30H2,1-7H3,(H2,31,37)(H,32,36)(H,34,35)/t20-,21-,22-,23-/m0/s1. The molecule has 0 aromatic heterocycles. The van der Waals surface area contributed by atoms with E-state index >= 15 is 0 Å². The van der Waals surface area contributed by atoms with Gasteiger partial charge in [-0.05, 0) is 68.6 Å². The van der Waals surface area contributed by atoms with Gasteiger partial charge in [0.1, 0.15) is 0 Å². The van der Waals surface area contributed by atoms with Gasteiger partial charge in [0.2, 0.25) is 11.8 Å². The molecule has 0 saturated carbocycles. The van der Waals surface area contributed by atoms with Gasteiger partial charge in [-0.2, -0.15) is 0 Å². The van der Waals surface area contributed by atoms with Crippen molar-refractivity contribution in [2.45, 2.75) is 79.4 Å². The van der Waals surface area contributed by atoms with Crippen molar-refractivity contribution in [2.24, 2.45) is 40.6 Å². The molecule has 0 spiro atoms. The summed E-state index contributed by atoms with van der Waals surface area (Å²) >= 11 is 0. The van der Waals surface area contributed by atoms with Gasteiger partial charge < -0.3 is 36.5 Å². The summed E-state index contributed by atoms with van der Waals surface area (Å²) in [7, 11) is 1.53. The lowest BCUT2D eigenvalue weighted by molar-refractivity contribution is -0.137. The second-order valence-corrected chi connectivity index (χ2v) is 11.7. The molecular formula is C29H49N3O7. The van der Waals surface area contributed by atoms with Crippen LogP contribution in [-0.2, 0) is 20.8 Å². The summed E-state index contributed by atoms with van der Waals surface area (Å²) in [6.07, 6.45) is 0.415. The summed E-state index contributed by atoms with van der Waals surface area (Å²) in [5, 5.41) is 22.7. The molecule has 1 rings (SSSR count). The highest BCUT2D eigenvalue weighted by Crippen LogP contribution is 2.32. The summed E-state index contributed by atoms with van der Waals surface area (Å²) < 4.78 is 11.0. The molecule has 2 amide bonds. The topological polar surface area (TPSA) is 174 Å². The minimum atomic E-state index is -0.941. The van der Waals surface area contributed by atoms with Gasteiger partial charge in [-0.25, -0.2) is 0 Å². The number of rotatable bonds is 18. The molecule has 0 bridgehead atoms. The number of primary amides is 1. The number of amides is 2. The molecule has 0 aliphatic rings. The SMILES string of the molecule is COc1ccc(C[C@@H](C[C@H](N)[C@@H](O)C[C@H](C(=O)NCC(C)(C)C(N)=O)C(C)C)C(C)C)cc1OCCC(=O)O. The number of aliphatic carboxylic acids is 1. The minimum absolute atomic E-state index is 0.0322. The Morgan fingerprint density at radius 3 is 2.21 bits per heavy atom. The van der Waals surface area contributed by atoms with E-state index < -0.39 is 35.4 Å². The molecule has 0 unspecified atom stereocenters. The second-order valence-electron chi connectivity index (χ2n) is 11.7. The van der Waals surface area contributed by atoms with E-state index in [0.717, 1.165) is 5.56 Å². The molecule has 7 N–H and O–H groups in total. The van der Waals surface area contributed by atoms with Crippen LogP contribution in [0.25, 0.3) is 0 Å². The van der Waals surface area contributed by atoms with Gasteiger partial charge >= 0.3 is 5.97 Å². The smallest absolute Gasteiger partial charge is 0.306 e. The molecule has 1 aromatic rings. The van der Waals surface area contributed by atoms with Crippen LogP contribution >= 0.6 is 0 Å². The Balaban J connectivity index is 2.89. The molecule has 0 saturated heterocycles. The van der Waals surface area contributed by atoms with E-state index in [9.17, 15) is 19.5 Å². The molecule has 222 valence electrons. The Bertz CT molecular complexity index is 949. The van der Waals surface area contributed by atoms with Crippen LogP contribution in [0.2, 0.25) is 0 Å². The van der Waals surface area contributed by atoms with Crippen molar-refractivity contribution < 1.29 is 34.1 Å². The zero-order valence-corrected chi connectivity index (χ0v) is 24.5. The number of hydrogen-bond acceptors (Lipinski definition) is 7. The van der Waals surface area contributed by atoms with Crippen molar-refractivity contribution in [3.63, 3.8) is 0 Å². The largest absolute Gasteiger partial charge is 0.493 e. The molecule has 0 fully saturated rings. The van der Waals surface area contributed by atoms with Crippen LogP contribution in [0.5, 0.6) is 11.5 Å². The van der Waals surface area contributed by atoms with Gasteiger partial charge in [0, 0.05) is 18.5 Å². The first kappa shape index (κ1) is 34.2. The van der Waals surface area contributed by atoms with Gasteiger partial charge in [-0.15, -0.1) is 0 Å². The van der Waals surface area contributed by atoms with Crippen LogP contribution in [0.3, 0.4) is 0 Å². The summed E-state index contributed by atoms with van der Waals surface area (Å²) in [6, 6.07) is 5.04. The summed E-state index contributed by atoms with van der Waals surface area (Å²) in [6.45, 7) is 11.5. The molecule has 10 nitrogen and oxygen atoms in total. The van der Waals surface area contributed by atoms with Crippen molar-refractivity contribution in [3.05, 3.63) is 23.8 Å². The van der Waals surface area contributed by atoms with E-state index in [1.54, 1.807) is 19.9 Å². The third kappa shape index (κ3) is 11.4. The van der Waals surface area contributed by atoms with E-state index in [4.69, 9.17) is 26.0 Å². The van der Waals surface area contributed by atoms with Crippen LogP contribution in [0, 0.1) is 29.1 Å². The van der Waals surface area contributed by atoms with Crippen molar-refractivity contribution in [1.29, 1.82) is 0 Å². The van der Waals surface area contributed by atoms with Crippen molar-refractivity contribution in [3.8, 4) is 11.5 Å². The number of benzene rings is 1. The molecule has 0 aliphatic heterocycles. The Labute approximate surface area is 232 Å². The average molecular weight is 552 g/mol. The number of carboxylic acids is 1. The Morgan fingerprint density at radius 2 is 1.69 bits per heavy atom. The second kappa shape index (κ2) is 15.7. The maximum atomic E-state index is 12.9. The molecule has 4 atom stereocenters. The number of hydrogen-bond donors (Lipinski definition) is 5. The summed E-state index contributed by atoms with van der Waals surface area (Å²) in [5.41, 5.74) is 12.0. The number of carbonyl (C=O) groups is 3. The Hall–Kier alpha value is -2.85. The van der Waals surface area contributed by atoms with Gasteiger partial charge in [0.15, 0.2) is 11.5 Å². The molecule has 0 heterocycles. The molecule has 0 aliphatic carbocycles. The fourth-order valence-corrected chi connectivity index (χ4v) is 4.25. The van der Waals surface area contributed by atoms with E-state index in [1.165, 1.54) is 7.11 Å². The zero-order valence-electron chi connectivity index (χ0n) is 24.5. The Morgan fingerprint density at radius 1 is 1.05 bits per heavy atom. The monoisotopic (exact) mass is 551 g/mol. The van der Waals surface area contributed by atoms with Crippen LogP contribution in [-0.4, -0.2) is 60.4 Å². The maximum Gasteiger partial charge on any atom is 0.306 e. The first-order valence-corrected chi connectivity index (χ1v) is 13.6. The summed E-state index contributed by atoms with van der Waals surface area (Å²) in [4.78, 5) is 35.3. The minimum Gasteiger partial charge on any atom is -0.493 e. The van der Waals surface area contributed by atoms with Crippen molar-refractivity contribution in [1.82, 2.24) is 5.32 Å². The number of carbonyl (C=O) groups excluding carboxylic acids is 2. The number of ether oxygens (including phenoxy) is 2. The number of aliphatic hydroxyl groups is 1. The zero-order chi connectivity index (χ0) is 29.9. The summed E-state index contributed by atoms with van der Waals surface area (Å²) in [5.74, 6) is -0.782. The predicted octanol–water partition coefficient (Wildman–Crippen LogP) is 2.73. The van der Waals surface area contributed by atoms with E-state index in [1.807, 2.05) is 26.0 Å². The number of aliphatic hydroxyl groups excluding tert-OH is 1. The third-order valence-corrected chi connectivity index (χ3v) is 7.32. The number of nitrogens with one attached hydrogen (secondary N) is 1. The van der Waals surface area contributed by atoms with Gasteiger partial charge in [-0.1, -0.05) is 33.8 Å². The van der Waals surface area contributed by atoms with Crippen molar-refractivity contribution in [2.75, 3.05) is 20.3 Å². The lowest BCUT2D eigenvalue weighted by atomic mass is 9.80. The number of methoxy groups -OCH3 is 1. The Kier molecular flexibility index (Phi) is 13.7.